The van der Waals surface area contributed by atoms with Gasteiger partial charge in [-0.3, -0.25) is 14.6 Å². The molecule has 0 unspecified atom stereocenters. The third-order valence-electron chi connectivity index (χ3n) is 3.50. The molecular formula is C16H14N4O2. The topological polar surface area (TPSA) is 80.6 Å². The average molecular weight is 294 g/mol. The molecule has 0 fully saturated rings. The number of aromatic amines is 1. The number of nitrogens with one attached hydrogen (secondary N) is 1. The second kappa shape index (κ2) is 5.77. The summed E-state index contributed by atoms with van der Waals surface area (Å²) in [5, 5.41) is 6.39. The molecule has 1 N–H and O–H groups in total. The van der Waals surface area contributed by atoms with Crippen molar-refractivity contribution in [2.75, 3.05) is 0 Å². The van der Waals surface area contributed by atoms with Gasteiger partial charge in [0.2, 0.25) is 5.78 Å². The quantitative estimate of drug-likeness (QED) is 0.736. The van der Waals surface area contributed by atoms with E-state index in [0.29, 0.717) is 17.7 Å². The van der Waals surface area contributed by atoms with Gasteiger partial charge in [-0.2, -0.15) is 5.10 Å². The molecule has 3 heterocycles. The van der Waals surface area contributed by atoms with Gasteiger partial charge in [0, 0.05) is 43.2 Å². The number of pyridine rings is 1. The third-order valence-corrected chi connectivity index (χ3v) is 3.50. The van der Waals surface area contributed by atoms with Crippen LogP contribution in [0.5, 0.6) is 0 Å². The van der Waals surface area contributed by atoms with Crippen molar-refractivity contribution in [1.29, 1.82) is 0 Å². The van der Waals surface area contributed by atoms with E-state index < -0.39 is 0 Å². The summed E-state index contributed by atoms with van der Waals surface area (Å²) in [6, 6.07) is 10.2. The molecule has 0 aliphatic heterocycles. The van der Waals surface area contributed by atoms with E-state index in [4.69, 9.17) is 0 Å². The van der Waals surface area contributed by atoms with E-state index in [1.165, 1.54) is 6.07 Å². The molecule has 0 aromatic carbocycles. The van der Waals surface area contributed by atoms with Crippen molar-refractivity contribution in [3.63, 3.8) is 0 Å². The summed E-state index contributed by atoms with van der Waals surface area (Å²) in [5.41, 5.74) is 2.65. The number of hydrogen-bond donors (Lipinski definition) is 1. The Kier molecular flexibility index (Phi) is 3.65. The number of hydrogen-bond acceptors (Lipinski definition) is 4. The highest BCUT2D eigenvalue weighted by atomic mass is 16.1. The summed E-state index contributed by atoms with van der Waals surface area (Å²) in [6.07, 6.45) is 3.74. The number of nitrogens with zero attached hydrogens (tertiary/aromatic N) is 3. The minimum absolute atomic E-state index is 0.0504. The van der Waals surface area contributed by atoms with E-state index in [0.717, 1.165) is 11.4 Å². The molecule has 0 spiro atoms. The maximum Gasteiger partial charge on any atom is 0.264 e. The van der Waals surface area contributed by atoms with Crippen LogP contribution in [0.15, 0.2) is 53.6 Å². The van der Waals surface area contributed by atoms with Crippen LogP contribution in [0.3, 0.4) is 0 Å². The van der Waals surface area contributed by atoms with E-state index in [1.54, 1.807) is 36.7 Å². The Balaban J connectivity index is 1.87. The number of aromatic nitrogens is 4. The average Bonchev–Trinajstić information content (AvgIpc) is 2.91. The van der Waals surface area contributed by atoms with Crippen molar-refractivity contribution < 1.29 is 4.79 Å². The third kappa shape index (κ3) is 2.71. The zero-order valence-corrected chi connectivity index (χ0v) is 12.0. The molecule has 0 aliphatic rings. The number of rotatable bonds is 4. The Hall–Kier alpha value is -3.02. The van der Waals surface area contributed by atoms with Crippen LogP contribution in [-0.2, 0) is 13.5 Å². The Labute approximate surface area is 126 Å². The zero-order chi connectivity index (χ0) is 15.5. The van der Waals surface area contributed by atoms with Crippen molar-refractivity contribution >= 4 is 5.78 Å². The molecule has 0 amide bonds. The summed E-state index contributed by atoms with van der Waals surface area (Å²) >= 11 is 0. The number of ketones is 1. The summed E-state index contributed by atoms with van der Waals surface area (Å²) < 4.78 is 1.84. The van der Waals surface area contributed by atoms with E-state index in [2.05, 4.69) is 15.2 Å². The fourth-order valence-corrected chi connectivity index (χ4v) is 2.27. The number of carbonyl (C=O) groups is 1. The lowest BCUT2D eigenvalue weighted by Crippen LogP contribution is -2.11. The van der Waals surface area contributed by atoms with Crippen LogP contribution in [0.25, 0.3) is 0 Å². The minimum atomic E-state index is -0.232. The Morgan fingerprint density at radius 1 is 1.14 bits per heavy atom. The van der Waals surface area contributed by atoms with Crippen LogP contribution in [0, 0.1) is 0 Å². The highest BCUT2D eigenvalue weighted by molar-refractivity contribution is 6.07. The first-order valence-electron chi connectivity index (χ1n) is 6.79. The van der Waals surface area contributed by atoms with Gasteiger partial charge in [0.25, 0.3) is 5.56 Å². The molecule has 0 saturated carbocycles. The normalized spacial score (nSPS) is 10.6. The van der Waals surface area contributed by atoms with Gasteiger partial charge in [-0.1, -0.05) is 0 Å². The van der Waals surface area contributed by atoms with Gasteiger partial charge >= 0.3 is 0 Å². The molecule has 0 atom stereocenters. The molecule has 6 heteroatoms. The monoisotopic (exact) mass is 294 g/mol. The van der Waals surface area contributed by atoms with Crippen LogP contribution in [0.4, 0.5) is 0 Å². The van der Waals surface area contributed by atoms with Gasteiger partial charge in [0.05, 0.1) is 11.4 Å². The van der Waals surface area contributed by atoms with Gasteiger partial charge in [0.1, 0.15) is 0 Å². The molecule has 0 radical (unpaired) electrons. The Morgan fingerprint density at radius 3 is 2.59 bits per heavy atom. The molecule has 110 valence electrons. The first-order chi connectivity index (χ1) is 10.6. The smallest absolute Gasteiger partial charge is 0.264 e. The number of H-pyrrole nitrogens is 1. The SMILES string of the molecule is Cn1c(Cc2ccc(=O)[nH]n2)ccc1C(=O)c1ccncc1. The van der Waals surface area contributed by atoms with Gasteiger partial charge in [-0.25, -0.2) is 5.10 Å². The largest absolute Gasteiger partial charge is 0.345 e. The number of carbonyl (C=O) groups excluding carboxylic acids is 1. The predicted molar refractivity (Wildman–Crippen MR) is 80.7 cm³/mol. The lowest BCUT2D eigenvalue weighted by atomic mass is 10.1. The van der Waals surface area contributed by atoms with E-state index in [9.17, 15) is 9.59 Å². The first-order valence-corrected chi connectivity index (χ1v) is 6.79. The molecule has 0 aliphatic carbocycles. The summed E-state index contributed by atoms with van der Waals surface area (Å²) in [4.78, 5) is 27.4. The molecule has 6 nitrogen and oxygen atoms in total. The van der Waals surface area contributed by atoms with E-state index in [1.807, 2.05) is 17.7 Å². The zero-order valence-electron chi connectivity index (χ0n) is 12.0. The molecule has 3 aromatic heterocycles. The maximum atomic E-state index is 12.5. The van der Waals surface area contributed by atoms with E-state index in [-0.39, 0.29) is 11.3 Å². The lowest BCUT2D eigenvalue weighted by molar-refractivity contribution is 0.103. The Morgan fingerprint density at radius 2 is 1.91 bits per heavy atom. The van der Waals surface area contributed by atoms with Crippen molar-refractivity contribution in [2.24, 2.45) is 7.05 Å². The van der Waals surface area contributed by atoms with Crippen molar-refractivity contribution in [3.05, 3.63) is 81.8 Å². The van der Waals surface area contributed by atoms with Crippen LogP contribution >= 0.6 is 0 Å². The van der Waals surface area contributed by atoms with Crippen molar-refractivity contribution in [3.8, 4) is 0 Å². The Bertz CT molecular complexity index is 845. The second-order valence-electron chi connectivity index (χ2n) is 4.92. The molecular weight excluding hydrogens is 280 g/mol. The van der Waals surface area contributed by atoms with Gasteiger partial charge in [0.15, 0.2) is 0 Å². The van der Waals surface area contributed by atoms with Crippen molar-refractivity contribution in [2.45, 2.75) is 6.42 Å². The fourth-order valence-electron chi connectivity index (χ4n) is 2.27. The molecule has 0 saturated heterocycles. The second-order valence-corrected chi connectivity index (χ2v) is 4.92. The first kappa shape index (κ1) is 13.9. The summed E-state index contributed by atoms with van der Waals surface area (Å²) in [7, 11) is 1.84. The van der Waals surface area contributed by atoms with E-state index >= 15 is 0 Å². The fraction of sp³-hybridized carbons (Fsp3) is 0.125. The van der Waals surface area contributed by atoms with Crippen LogP contribution in [0.1, 0.15) is 27.4 Å². The molecule has 0 bridgehead atoms. The maximum absolute atomic E-state index is 12.5. The highest BCUT2D eigenvalue weighted by Crippen LogP contribution is 2.14. The van der Waals surface area contributed by atoms with Crippen LogP contribution < -0.4 is 5.56 Å². The standard InChI is InChI=1S/C16H14N4O2/c1-20-13(10-12-2-5-15(21)19-18-12)3-4-14(20)16(22)11-6-8-17-9-7-11/h2-9H,10H2,1H3,(H,19,21). The molecule has 3 aromatic rings. The molecule has 22 heavy (non-hydrogen) atoms. The summed E-state index contributed by atoms with van der Waals surface area (Å²) in [5.74, 6) is -0.0504. The minimum Gasteiger partial charge on any atom is -0.345 e. The van der Waals surface area contributed by atoms with Crippen molar-refractivity contribution in [1.82, 2.24) is 19.7 Å². The molecule has 3 rings (SSSR count). The summed E-state index contributed by atoms with van der Waals surface area (Å²) in [6.45, 7) is 0. The van der Waals surface area contributed by atoms with Gasteiger partial charge < -0.3 is 4.57 Å². The van der Waals surface area contributed by atoms with Crippen LogP contribution in [0.2, 0.25) is 0 Å². The predicted octanol–water partition coefficient (Wildman–Crippen LogP) is 1.33. The van der Waals surface area contributed by atoms with Crippen LogP contribution in [-0.4, -0.2) is 25.5 Å². The lowest BCUT2D eigenvalue weighted by Gasteiger charge is -2.07. The van der Waals surface area contributed by atoms with Gasteiger partial charge in [-0.15, -0.1) is 0 Å². The van der Waals surface area contributed by atoms with Gasteiger partial charge in [-0.05, 0) is 30.3 Å². The highest BCUT2D eigenvalue weighted by Gasteiger charge is 2.14.